The number of halogens is 1. The minimum atomic E-state index is 0.561. The zero-order valence-electron chi connectivity index (χ0n) is 13.9. The van der Waals surface area contributed by atoms with Crippen molar-refractivity contribution in [1.29, 1.82) is 0 Å². The molecular weight excluding hydrogens is 302 g/mol. The molecule has 1 aromatic carbocycles. The summed E-state index contributed by atoms with van der Waals surface area (Å²) in [6.07, 6.45) is 3.32. The summed E-state index contributed by atoms with van der Waals surface area (Å²) >= 11 is 6.25. The summed E-state index contributed by atoms with van der Waals surface area (Å²) in [4.78, 5) is 0. The van der Waals surface area contributed by atoms with E-state index in [0.29, 0.717) is 23.1 Å². The Hall–Kier alpha value is -0.970. The van der Waals surface area contributed by atoms with Crippen molar-refractivity contribution in [3.63, 3.8) is 0 Å². The first-order valence-corrected chi connectivity index (χ1v) is 8.38. The van der Waals surface area contributed by atoms with Gasteiger partial charge < -0.3 is 19.5 Å². The van der Waals surface area contributed by atoms with Gasteiger partial charge in [0.1, 0.15) is 0 Å². The van der Waals surface area contributed by atoms with Crippen molar-refractivity contribution in [1.82, 2.24) is 5.32 Å². The monoisotopic (exact) mass is 329 g/mol. The summed E-state index contributed by atoms with van der Waals surface area (Å²) < 4.78 is 16.4. The number of hydrogen-bond acceptors (Lipinski definition) is 4. The summed E-state index contributed by atoms with van der Waals surface area (Å²) in [5.41, 5.74) is 1.08. The van der Waals surface area contributed by atoms with E-state index in [9.17, 15) is 0 Å². The maximum absolute atomic E-state index is 6.25. The summed E-state index contributed by atoms with van der Waals surface area (Å²) in [5, 5.41) is 3.97. The van der Waals surface area contributed by atoms with E-state index in [-0.39, 0.29) is 0 Å². The average Bonchev–Trinajstić information content (AvgIpc) is 2.52. The van der Waals surface area contributed by atoms with Crippen molar-refractivity contribution in [3.8, 4) is 11.5 Å². The molecule has 0 atom stereocenters. The van der Waals surface area contributed by atoms with Gasteiger partial charge in [-0.2, -0.15) is 0 Å². The topological polar surface area (TPSA) is 39.7 Å². The normalized spacial score (nSPS) is 10.7. The van der Waals surface area contributed by atoms with Crippen LogP contribution in [0.2, 0.25) is 5.02 Å². The average molecular weight is 330 g/mol. The lowest BCUT2D eigenvalue weighted by molar-refractivity contribution is 0.129. The van der Waals surface area contributed by atoms with Crippen LogP contribution in [0.1, 0.15) is 38.7 Å². The molecule has 126 valence electrons. The fourth-order valence-electron chi connectivity index (χ4n) is 2.04. The Morgan fingerprint density at radius 1 is 1.14 bits per heavy atom. The molecule has 0 aliphatic heterocycles. The maximum Gasteiger partial charge on any atom is 0.179 e. The molecule has 1 rings (SSSR count). The molecule has 1 aromatic rings. The molecule has 0 bridgehead atoms. The van der Waals surface area contributed by atoms with E-state index in [1.165, 1.54) is 6.42 Å². The number of unbranched alkanes of at least 4 members (excludes halogenated alkanes) is 1. The third-order valence-corrected chi connectivity index (χ3v) is 3.47. The second-order valence-corrected chi connectivity index (χ2v) is 5.45. The van der Waals surface area contributed by atoms with E-state index in [1.54, 1.807) is 7.11 Å². The van der Waals surface area contributed by atoms with Crippen LogP contribution in [0.3, 0.4) is 0 Å². The molecule has 0 unspecified atom stereocenters. The van der Waals surface area contributed by atoms with Gasteiger partial charge in [0.15, 0.2) is 11.5 Å². The van der Waals surface area contributed by atoms with Gasteiger partial charge >= 0.3 is 0 Å². The number of ether oxygens (including phenoxy) is 3. The number of rotatable bonds is 12. The van der Waals surface area contributed by atoms with Gasteiger partial charge in [0, 0.05) is 19.8 Å². The van der Waals surface area contributed by atoms with E-state index in [0.717, 1.165) is 44.7 Å². The Morgan fingerprint density at radius 2 is 1.91 bits per heavy atom. The number of nitrogens with one attached hydrogen (secondary N) is 1. The quantitative estimate of drug-likeness (QED) is 0.587. The fourth-order valence-corrected chi connectivity index (χ4v) is 2.33. The lowest BCUT2D eigenvalue weighted by Gasteiger charge is -2.13. The van der Waals surface area contributed by atoms with E-state index >= 15 is 0 Å². The molecule has 0 radical (unpaired) electrons. The number of benzene rings is 1. The van der Waals surface area contributed by atoms with Crippen molar-refractivity contribution >= 4 is 11.6 Å². The highest BCUT2D eigenvalue weighted by atomic mass is 35.5. The van der Waals surface area contributed by atoms with Gasteiger partial charge in [-0.15, -0.1) is 0 Å². The van der Waals surface area contributed by atoms with Crippen molar-refractivity contribution < 1.29 is 14.2 Å². The van der Waals surface area contributed by atoms with Gasteiger partial charge in [-0.05, 0) is 44.0 Å². The standard InChI is InChI=1S/C17H28ClNO3/c1-4-6-9-21-10-7-8-19-13-14-11-15(18)17(22-5-2)16(12-14)20-3/h11-12,19H,4-10,13H2,1-3H3. The lowest BCUT2D eigenvalue weighted by atomic mass is 10.2. The molecule has 0 aliphatic rings. The molecule has 0 aromatic heterocycles. The molecule has 0 amide bonds. The summed E-state index contributed by atoms with van der Waals surface area (Å²) in [6, 6.07) is 3.88. The molecule has 5 heteroatoms. The third kappa shape index (κ3) is 6.86. The number of methoxy groups -OCH3 is 1. The van der Waals surface area contributed by atoms with E-state index in [1.807, 2.05) is 19.1 Å². The van der Waals surface area contributed by atoms with Gasteiger partial charge in [-0.3, -0.25) is 0 Å². The van der Waals surface area contributed by atoms with Gasteiger partial charge in [-0.25, -0.2) is 0 Å². The van der Waals surface area contributed by atoms with Crippen LogP contribution >= 0.6 is 11.6 Å². The number of hydrogen-bond donors (Lipinski definition) is 1. The van der Waals surface area contributed by atoms with E-state index in [2.05, 4.69) is 12.2 Å². The highest BCUT2D eigenvalue weighted by Crippen LogP contribution is 2.36. The zero-order valence-corrected chi connectivity index (χ0v) is 14.7. The van der Waals surface area contributed by atoms with Gasteiger partial charge in [0.25, 0.3) is 0 Å². The van der Waals surface area contributed by atoms with Gasteiger partial charge in [0.05, 0.1) is 18.7 Å². The van der Waals surface area contributed by atoms with Crippen LogP contribution in [0.5, 0.6) is 11.5 Å². The minimum Gasteiger partial charge on any atom is -0.493 e. The smallest absolute Gasteiger partial charge is 0.179 e. The molecule has 22 heavy (non-hydrogen) atoms. The van der Waals surface area contributed by atoms with Crippen LogP contribution in [0.4, 0.5) is 0 Å². The van der Waals surface area contributed by atoms with Crippen LogP contribution in [-0.4, -0.2) is 33.5 Å². The van der Waals surface area contributed by atoms with Crippen molar-refractivity contribution in [2.75, 3.05) is 33.5 Å². The molecule has 0 fully saturated rings. The van der Waals surface area contributed by atoms with Gasteiger partial charge in [-0.1, -0.05) is 24.9 Å². The highest BCUT2D eigenvalue weighted by molar-refractivity contribution is 6.32. The largest absolute Gasteiger partial charge is 0.493 e. The second-order valence-electron chi connectivity index (χ2n) is 5.04. The Kier molecular flexibility index (Phi) is 10.0. The van der Waals surface area contributed by atoms with Crippen molar-refractivity contribution in [2.45, 2.75) is 39.7 Å². The second kappa shape index (κ2) is 11.6. The Balaban J connectivity index is 2.35. The van der Waals surface area contributed by atoms with Crippen molar-refractivity contribution in [3.05, 3.63) is 22.7 Å². The molecule has 0 saturated heterocycles. The summed E-state index contributed by atoms with van der Waals surface area (Å²) in [7, 11) is 1.62. The summed E-state index contributed by atoms with van der Waals surface area (Å²) in [6.45, 7) is 7.99. The first kappa shape index (κ1) is 19.1. The van der Waals surface area contributed by atoms with Crippen LogP contribution in [0.15, 0.2) is 12.1 Å². The van der Waals surface area contributed by atoms with E-state index in [4.69, 9.17) is 25.8 Å². The molecular formula is C17H28ClNO3. The van der Waals surface area contributed by atoms with E-state index < -0.39 is 0 Å². The summed E-state index contributed by atoms with van der Waals surface area (Å²) in [5.74, 6) is 1.29. The first-order chi connectivity index (χ1) is 10.7. The van der Waals surface area contributed by atoms with Crippen LogP contribution in [0.25, 0.3) is 0 Å². The van der Waals surface area contributed by atoms with Crippen LogP contribution in [-0.2, 0) is 11.3 Å². The highest BCUT2D eigenvalue weighted by Gasteiger charge is 2.11. The molecule has 0 heterocycles. The van der Waals surface area contributed by atoms with Gasteiger partial charge in [0.2, 0.25) is 0 Å². The Morgan fingerprint density at radius 3 is 2.59 bits per heavy atom. The predicted octanol–water partition coefficient (Wildman–Crippen LogP) is 4.04. The minimum absolute atomic E-state index is 0.561. The Labute approximate surface area is 139 Å². The molecule has 0 saturated carbocycles. The molecule has 4 nitrogen and oxygen atoms in total. The molecule has 0 spiro atoms. The third-order valence-electron chi connectivity index (χ3n) is 3.19. The van der Waals surface area contributed by atoms with Crippen molar-refractivity contribution in [2.24, 2.45) is 0 Å². The SMILES string of the molecule is CCCCOCCCNCc1cc(Cl)c(OCC)c(OC)c1. The first-order valence-electron chi connectivity index (χ1n) is 8.00. The lowest BCUT2D eigenvalue weighted by Crippen LogP contribution is -2.16. The Bertz CT molecular complexity index is 427. The van der Waals surface area contributed by atoms with Crippen LogP contribution < -0.4 is 14.8 Å². The fraction of sp³-hybridized carbons (Fsp3) is 0.647. The molecule has 0 aliphatic carbocycles. The maximum atomic E-state index is 6.25. The van der Waals surface area contributed by atoms with Crippen LogP contribution in [0, 0.1) is 0 Å². The zero-order chi connectivity index (χ0) is 16.2. The molecule has 1 N–H and O–H groups in total. The predicted molar refractivity (Wildman–Crippen MR) is 91.2 cm³/mol.